The summed E-state index contributed by atoms with van der Waals surface area (Å²) in [6, 6.07) is 14.2. The van der Waals surface area contributed by atoms with Crippen LogP contribution < -0.4 is 15.1 Å². The molecular formula is C21H23N3O3. The molecule has 6 nitrogen and oxygen atoms in total. The minimum Gasteiger partial charge on any atom is -0.372 e. The quantitative estimate of drug-likeness (QED) is 0.796. The predicted molar refractivity (Wildman–Crippen MR) is 106 cm³/mol. The Morgan fingerprint density at radius 2 is 1.48 bits per heavy atom. The molecule has 0 unspecified atom stereocenters. The maximum absolute atomic E-state index is 12.4. The van der Waals surface area contributed by atoms with Crippen molar-refractivity contribution in [3.63, 3.8) is 0 Å². The highest BCUT2D eigenvalue weighted by Gasteiger charge is 2.30. The molecule has 140 valence electrons. The van der Waals surface area contributed by atoms with Gasteiger partial charge in [0.2, 0.25) is 11.8 Å². The van der Waals surface area contributed by atoms with Crippen LogP contribution in [-0.2, 0) is 9.59 Å². The molecule has 0 aromatic heterocycles. The molecule has 1 aliphatic rings. The molecule has 0 aliphatic carbocycles. The van der Waals surface area contributed by atoms with E-state index in [2.05, 4.69) is 24.1 Å². The van der Waals surface area contributed by atoms with Gasteiger partial charge in [-0.2, -0.15) is 0 Å². The molecule has 1 N–H and O–H groups in total. The smallest absolute Gasteiger partial charge is 0.255 e. The minimum absolute atomic E-state index is 0.203. The van der Waals surface area contributed by atoms with Crippen LogP contribution in [0, 0.1) is 0 Å². The van der Waals surface area contributed by atoms with Crippen molar-refractivity contribution in [3.05, 3.63) is 54.1 Å². The Morgan fingerprint density at radius 1 is 0.926 bits per heavy atom. The number of nitrogens with one attached hydrogen (secondary N) is 1. The number of rotatable bonds is 6. The Labute approximate surface area is 158 Å². The van der Waals surface area contributed by atoms with E-state index in [1.165, 1.54) is 4.90 Å². The average molecular weight is 365 g/mol. The van der Waals surface area contributed by atoms with E-state index in [-0.39, 0.29) is 30.6 Å². The van der Waals surface area contributed by atoms with E-state index in [1.807, 2.05) is 24.3 Å². The number of carbonyl (C=O) groups is 3. The van der Waals surface area contributed by atoms with Gasteiger partial charge in [-0.3, -0.25) is 19.3 Å². The zero-order valence-corrected chi connectivity index (χ0v) is 15.6. The molecule has 0 bridgehead atoms. The first-order valence-electron chi connectivity index (χ1n) is 9.15. The Bertz CT molecular complexity index is 824. The molecule has 0 radical (unpaired) electrons. The van der Waals surface area contributed by atoms with E-state index >= 15 is 0 Å². The molecule has 1 heterocycles. The SMILES string of the molecule is CCN(CC)c1ccc(NC(=O)c2ccc(N3C(=O)CCC3=O)cc2)cc1. The summed E-state index contributed by atoms with van der Waals surface area (Å²) in [6.45, 7) is 6.06. The average Bonchev–Trinajstić information content (AvgIpc) is 3.02. The number of nitrogens with zero attached hydrogens (tertiary/aromatic N) is 2. The summed E-state index contributed by atoms with van der Waals surface area (Å²) in [7, 11) is 0. The van der Waals surface area contributed by atoms with E-state index in [0.29, 0.717) is 16.9 Å². The van der Waals surface area contributed by atoms with Crippen molar-refractivity contribution in [3.8, 4) is 0 Å². The molecule has 1 saturated heterocycles. The van der Waals surface area contributed by atoms with Gasteiger partial charge in [-0.05, 0) is 62.4 Å². The van der Waals surface area contributed by atoms with Gasteiger partial charge in [0.15, 0.2) is 0 Å². The molecule has 3 rings (SSSR count). The molecular weight excluding hydrogens is 342 g/mol. The van der Waals surface area contributed by atoms with Crippen molar-refractivity contribution < 1.29 is 14.4 Å². The monoisotopic (exact) mass is 365 g/mol. The Kier molecular flexibility index (Phi) is 5.54. The van der Waals surface area contributed by atoms with Gasteiger partial charge < -0.3 is 10.2 Å². The summed E-state index contributed by atoms with van der Waals surface area (Å²) in [5.74, 6) is -0.646. The van der Waals surface area contributed by atoms with Crippen molar-refractivity contribution in [2.45, 2.75) is 26.7 Å². The topological polar surface area (TPSA) is 69.7 Å². The largest absolute Gasteiger partial charge is 0.372 e. The van der Waals surface area contributed by atoms with Crippen LogP contribution in [0.1, 0.15) is 37.0 Å². The summed E-state index contributed by atoms with van der Waals surface area (Å²) in [5.41, 5.74) is 2.79. The molecule has 27 heavy (non-hydrogen) atoms. The van der Waals surface area contributed by atoms with Crippen LogP contribution in [0.15, 0.2) is 48.5 Å². The Hall–Kier alpha value is -3.15. The van der Waals surface area contributed by atoms with Crippen molar-refractivity contribution in [2.24, 2.45) is 0 Å². The van der Waals surface area contributed by atoms with Crippen LogP contribution in [-0.4, -0.2) is 30.8 Å². The van der Waals surface area contributed by atoms with Crippen LogP contribution in [0.25, 0.3) is 0 Å². The van der Waals surface area contributed by atoms with E-state index in [1.54, 1.807) is 24.3 Å². The fourth-order valence-corrected chi connectivity index (χ4v) is 3.17. The fourth-order valence-electron chi connectivity index (χ4n) is 3.17. The van der Waals surface area contributed by atoms with Crippen molar-refractivity contribution in [1.29, 1.82) is 0 Å². The third-order valence-corrected chi connectivity index (χ3v) is 4.69. The molecule has 2 aromatic rings. The summed E-state index contributed by atoms with van der Waals surface area (Å²) in [6.07, 6.45) is 0.481. The van der Waals surface area contributed by atoms with Gasteiger partial charge in [0, 0.05) is 42.9 Å². The van der Waals surface area contributed by atoms with Crippen LogP contribution in [0.3, 0.4) is 0 Å². The second-order valence-electron chi connectivity index (χ2n) is 6.34. The minimum atomic E-state index is -0.240. The number of benzene rings is 2. The Morgan fingerprint density at radius 3 is 2.00 bits per heavy atom. The first kappa shape index (κ1) is 18.6. The zero-order valence-electron chi connectivity index (χ0n) is 15.6. The fraction of sp³-hybridized carbons (Fsp3) is 0.286. The third kappa shape index (κ3) is 4.00. The van der Waals surface area contributed by atoms with Crippen LogP contribution in [0.4, 0.5) is 17.1 Å². The second kappa shape index (κ2) is 8.03. The lowest BCUT2D eigenvalue weighted by molar-refractivity contribution is -0.121. The molecule has 2 aromatic carbocycles. The number of hydrogen-bond acceptors (Lipinski definition) is 4. The van der Waals surface area contributed by atoms with Gasteiger partial charge in [-0.15, -0.1) is 0 Å². The number of imide groups is 1. The second-order valence-corrected chi connectivity index (χ2v) is 6.34. The first-order valence-corrected chi connectivity index (χ1v) is 9.15. The van der Waals surface area contributed by atoms with Gasteiger partial charge >= 0.3 is 0 Å². The van der Waals surface area contributed by atoms with Gasteiger partial charge in [0.1, 0.15) is 0 Å². The Balaban J connectivity index is 1.68. The highest BCUT2D eigenvalue weighted by Crippen LogP contribution is 2.23. The van der Waals surface area contributed by atoms with Gasteiger partial charge in [-0.1, -0.05) is 0 Å². The normalized spacial score (nSPS) is 13.8. The molecule has 0 saturated carbocycles. The van der Waals surface area contributed by atoms with Gasteiger partial charge in [0.05, 0.1) is 5.69 Å². The van der Waals surface area contributed by atoms with E-state index in [0.717, 1.165) is 18.8 Å². The van der Waals surface area contributed by atoms with Gasteiger partial charge in [0.25, 0.3) is 5.91 Å². The molecule has 1 fully saturated rings. The molecule has 0 spiro atoms. The molecule has 3 amide bonds. The zero-order chi connectivity index (χ0) is 19.4. The van der Waals surface area contributed by atoms with Crippen molar-refractivity contribution >= 4 is 34.8 Å². The maximum Gasteiger partial charge on any atom is 0.255 e. The van der Waals surface area contributed by atoms with Crippen molar-refractivity contribution in [1.82, 2.24) is 0 Å². The summed E-state index contributed by atoms with van der Waals surface area (Å²) in [4.78, 5) is 39.4. The number of hydrogen-bond donors (Lipinski definition) is 1. The highest BCUT2D eigenvalue weighted by molar-refractivity contribution is 6.20. The van der Waals surface area contributed by atoms with Crippen LogP contribution in [0.5, 0.6) is 0 Å². The van der Waals surface area contributed by atoms with E-state index in [9.17, 15) is 14.4 Å². The van der Waals surface area contributed by atoms with Crippen LogP contribution in [0.2, 0.25) is 0 Å². The van der Waals surface area contributed by atoms with Crippen molar-refractivity contribution in [2.75, 3.05) is 28.2 Å². The lowest BCUT2D eigenvalue weighted by atomic mass is 10.1. The summed E-state index contributed by atoms with van der Waals surface area (Å²) < 4.78 is 0. The lowest BCUT2D eigenvalue weighted by Crippen LogP contribution is -2.28. The standard InChI is InChI=1S/C21H23N3O3/c1-3-23(4-2)17-11-7-16(8-12-17)22-21(27)15-5-9-18(10-6-15)24-19(25)13-14-20(24)26/h5-12H,3-4,13-14H2,1-2H3,(H,22,27). The van der Waals surface area contributed by atoms with Gasteiger partial charge in [-0.25, -0.2) is 0 Å². The van der Waals surface area contributed by atoms with E-state index < -0.39 is 0 Å². The highest BCUT2D eigenvalue weighted by atomic mass is 16.2. The molecule has 1 aliphatic heterocycles. The number of carbonyl (C=O) groups excluding carboxylic acids is 3. The molecule has 6 heteroatoms. The number of amides is 3. The van der Waals surface area contributed by atoms with E-state index in [4.69, 9.17) is 0 Å². The van der Waals surface area contributed by atoms with Crippen LogP contribution >= 0.6 is 0 Å². The third-order valence-electron chi connectivity index (χ3n) is 4.69. The summed E-state index contributed by atoms with van der Waals surface area (Å²) in [5, 5.41) is 2.86. The lowest BCUT2D eigenvalue weighted by Gasteiger charge is -2.21. The predicted octanol–water partition coefficient (Wildman–Crippen LogP) is 3.44. The molecule has 0 atom stereocenters. The summed E-state index contributed by atoms with van der Waals surface area (Å²) >= 11 is 0. The maximum atomic E-state index is 12.4. The number of anilines is 3. The first-order chi connectivity index (χ1) is 13.0.